The highest BCUT2D eigenvalue weighted by atomic mass is 16.6. The SMILES string of the molecule is C#C[C@@H](C)OC(=O)NCc1ccccc1. The fourth-order valence-electron chi connectivity index (χ4n) is 1.01. The van der Waals surface area contributed by atoms with Crippen LogP contribution in [-0.4, -0.2) is 12.2 Å². The second-order valence-corrected chi connectivity index (χ2v) is 3.05. The van der Waals surface area contributed by atoms with E-state index in [2.05, 4.69) is 11.2 Å². The van der Waals surface area contributed by atoms with Crippen LogP contribution in [0.15, 0.2) is 30.3 Å². The standard InChI is InChI=1S/C12H13NO2/c1-3-10(2)15-12(14)13-9-11-7-5-4-6-8-11/h1,4-8,10H,9H2,2H3,(H,13,14)/t10-/m1/s1. The van der Waals surface area contributed by atoms with Crippen LogP contribution in [0.5, 0.6) is 0 Å². The third-order valence-electron chi connectivity index (χ3n) is 1.80. The smallest absolute Gasteiger partial charge is 0.408 e. The first-order chi connectivity index (χ1) is 7.22. The second kappa shape index (κ2) is 5.71. The molecule has 0 unspecified atom stereocenters. The van der Waals surface area contributed by atoms with Gasteiger partial charge in [-0.25, -0.2) is 4.79 Å². The van der Waals surface area contributed by atoms with Gasteiger partial charge in [-0.1, -0.05) is 36.3 Å². The molecule has 3 nitrogen and oxygen atoms in total. The minimum atomic E-state index is -0.499. The Balaban J connectivity index is 2.32. The van der Waals surface area contributed by atoms with E-state index < -0.39 is 12.2 Å². The Bertz CT molecular complexity index is 354. The van der Waals surface area contributed by atoms with Crippen molar-refractivity contribution in [3.8, 4) is 12.3 Å². The van der Waals surface area contributed by atoms with Gasteiger partial charge in [-0.2, -0.15) is 0 Å². The minimum absolute atomic E-state index is 0.441. The molecule has 0 spiro atoms. The van der Waals surface area contributed by atoms with Crippen LogP contribution >= 0.6 is 0 Å². The van der Waals surface area contributed by atoms with Crippen LogP contribution in [0.1, 0.15) is 12.5 Å². The topological polar surface area (TPSA) is 38.3 Å². The normalized spacial score (nSPS) is 11.2. The van der Waals surface area contributed by atoms with Gasteiger partial charge in [0.1, 0.15) is 0 Å². The molecule has 0 aromatic heterocycles. The highest BCUT2D eigenvalue weighted by molar-refractivity contribution is 5.67. The van der Waals surface area contributed by atoms with Gasteiger partial charge in [0.15, 0.2) is 6.10 Å². The lowest BCUT2D eigenvalue weighted by Crippen LogP contribution is -2.26. The molecule has 0 saturated heterocycles. The zero-order chi connectivity index (χ0) is 11.1. The van der Waals surface area contributed by atoms with Crippen LogP contribution < -0.4 is 5.32 Å². The molecule has 1 atom stereocenters. The number of ether oxygens (including phenoxy) is 1. The summed E-state index contributed by atoms with van der Waals surface area (Å²) in [4.78, 5) is 11.2. The molecule has 15 heavy (non-hydrogen) atoms. The molecule has 1 aromatic carbocycles. The highest BCUT2D eigenvalue weighted by Gasteiger charge is 2.05. The van der Waals surface area contributed by atoms with Crippen LogP contribution in [0.3, 0.4) is 0 Å². The summed E-state index contributed by atoms with van der Waals surface area (Å²) in [5, 5.41) is 2.61. The number of carbonyl (C=O) groups excluding carboxylic acids is 1. The molecule has 0 radical (unpaired) electrons. The lowest BCUT2D eigenvalue weighted by molar-refractivity contribution is 0.130. The summed E-state index contributed by atoms with van der Waals surface area (Å²) in [6.45, 7) is 2.08. The van der Waals surface area contributed by atoms with Crippen molar-refractivity contribution >= 4 is 6.09 Å². The van der Waals surface area contributed by atoms with Gasteiger partial charge in [-0.05, 0) is 12.5 Å². The van der Waals surface area contributed by atoms with E-state index in [0.717, 1.165) is 5.56 Å². The average molecular weight is 203 g/mol. The summed E-state index contributed by atoms with van der Waals surface area (Å²) >= 11 is 0. The van der Waals surface area contributed by atoms with Crippen molar-refractivity contribution in [1.82, 2.24) is 5.32 Å². The molecule has 0 bridgehead atoms. The summed E-state index contributed by atoms with van der Waals surface area (Å²) in [7, 11) is 0. The number of nitrogens with one attached hydrogen (secondary N) is 1. The maximum atomic E-state index is 11.2. The number of hydrogen-bond acceptors (Lipinski definition) is 2. The summed E-state index contributed by atoms with van der Waals surface area (Å²) < 4.78 is 4.84. The van der Waals surface area contributed by atoms with Crippen molar-refractivity contribution in [2.75, 3.05) is 0 Å². The van der Waals surface area contributed by atoms with E-state index in [4.69, 9.17) is 11.2 Å². The van der Waals surface area contributed by atoms with E-state index in [1.165, 1.54) is 0 Å². The van der Waals surface area contributed by atoms with Crippen molar-refractivity contribution in [2.24, 2.45) is 0 Å². The maximum Gasteiger partial charge on any atom is 0.408 e. The predicted molar refractivity (Wildman–Crippen MR) is 58.1 cm³/mol. The van der Waals surface area contributed by atoms with Crippen molar-refractivity contribution in [3.05, 3.63) is 35.9 Å². The van der Waals surface area contributed by atoms with E-state index in [9.17, 15) is 4.79 Å². The minimum Gasteiger partial charge on any atom is -0.433 e. The van der Waals surface area contributed by atoms with Gasteiger partial charge in [0.05, 0.1) is 0 Å². The Labute approximate surface area is 89.4 Å². The van der Waals surface area contributed by atoms with Gasteiger partial charge in [0, 0.05) is 6.54 Å². The molecule has 0 aliphatic carbocycles. The number of amides is 1. The molecule has 1 amide bonds. The fraction of sp³-hybridized carbons (Fsp3) is 0.250. The van der Waals surface area contributed by atoms with Crippen LogP contribution in [0.25, 0.3) is 0 Å². The van der Waals surface area contributed by atoms with E-state index in [0.29, 0.717) is 6.54 Å². The van der Waals surface area contributed by atoms with E-state index in [1.54, 1.807) is 6.92 Å². The first kappa shape index (κ1) is 11.1. The molecule has 78 valence electrons. The first-order valence-corrected chi connectivity index (χ1v) is 4.67. The van der Waals surface area contributed by atoms with Crippen LogP contribution in [0.4, 0.5) is 4.79 Å². The number of carbonyl (C=O) groups is 1. The summed E-state index contributed by atoms with van der Waals surface area (Å²) in [6, 6.07) is 9.58. The largest absolute Gasteiger partial charge is 0.433 e. The Morgan fingerprint density at radius 2 is 2.20 bits per heavy atom. The average Bonchev–Trinajstić information content (AvgIpc) is 2.27. The quantitative estimate of drug-likeness (QED) is 0.762. The van der Waals surface area contributed by atoms with Gasteiger partial charge >= 0.3 is 6.09 Å². The van der Waals surface area contributed by atoms with Crippen LogP contribution in [0, 0.1) is 12.3 Å². The van der Waals surface area contributed by atoms with Gasteiger partial charge in [-0.15, -0.1) is 6.42 Å². The lowest BCUT2D eigenvalue weighted by atomic mass is 10.2. The molecule has 1 rings (SSSR count). The predicted octanol–water partition coefficient (Wildman–Crippen LogP) is 1.93. The number of alkyl carbamates (subject to hydrolysis) is 1. The Morgan fingerprint density at radius 1 is 1.53 bits per heavy atom. The van der Waals surface area contributed by atoms with E-state index in [-0.39, 0.29) is 0 Å². The molecule has 1 aromatic rings. The zero-order valence-corrected chi connectivity index (χ0v) is 8.57. The zero-order valence-electron chi connectivity index (χ0n) is 8.57. The number of rotatable bonds is 3. The number of benzene rings is 1. The van der Waals surface area contributed by atoms with Gasteiger partial charge < -0.3 is 10.1 Å². The molecule has 1 N–H and O–H groups in total. The lowest BCUT2D eigenvalue weighted by Gasteiger charge is -2.08. The molecule has 0 fully saturated rings. The Kier molecular flexibility index (Phi) is 4.24. The van der Waals surface area contributed by atoms with Gasteiger partial charge in [-0.3, -0.25) is 0 Å². The van der Waals surface area contributed by atoms with Crippen molar-refractivity contribution < 1.29 is 9.53 Å². The van der Waals surface area contributed by atoms with Crippen molar-refractivity contribution in [3.63, 3.8) is 0 Å². The molecule has 3 heteroatoms. The summed E-state index contributed by atoms with van der Waals surface area (Å²) in [5.41, 5.74) is 1.02. The highest BCUT2D eigenvalue weighted by Crippen LogP contribution is 1.97. The Morgan fingerprint density at radius 3 is 2.80 bits per heavy atom. The van der Waals surface area contributed by atoms with Gasteiger partial charge in [0.25, 0.3) is 0 Å². The summed E-state index contributed by atoms with van der Waals surface area (Å²) in [5.74, 6) is 2.31. The molecule has 0 saturated carbocycles. The van der Waals surface area contributed by atoms with Crippen molar-refractivity contribution in [2.45, 2.75) is 19.6 Å². The molecular formula is C12H13NO2. The van der Waals surface area contributed by atoms with Crippen molar-refractivity contribution in [1.29, 1.82) is 0 Å². The number of terminal acetylenes is 1. The third-order valence-corrected chi connectivity index (χ3v) is 1.80. The third kappa shape index (κ3) is 4.19. The molecule has 0 aliphatic heterocycles. The summed E-state index contributed by atoms with van der Waals surface area (Å²) in [6.07, 6.45) is 4.08. The van der Waals surface area contributed by atoms with Crippen LogP contribution in [-0.2, 0) is 11.3 Å². The maximum absolute atomic E-state index is 11.2. The number of hydrogen-bond donors (Lipinski definition) is 1. The van der Waals surface area contributed by atoms with Gasteiger partial charge in [0.2, 0.25) is 0 Å². The van der Waals surface area contributed by atoms with Crippen LogP contribution in [0.2, 0.25) is 0 Å². The van der Waals surface area contributed by atoms with E-state index >= 15 is 0 Å². The monoisotopic (exact) mass is 203 g/mol. The molecule has 0 aliphatic rings. The molecule has 0 heterocycles. The van der Waals surface area contributed by atoms with E-state index in [1.807, 2.05) is 30.3 Å². The fourth-order valence-corrected chi connectivity index (χ4v) is 1.01. The molecular weight excluding hydrogens is 190 g/mol. The first-order valence-electron chi connectivity index (χ1n) is 4.67. The second-order valence-electron chi connectivity index (χ2n) is 3.05. The Hall–Kier alpha value is -1.95.